The molecule has 0 radical (unpaired) electrons. The summed E-state index contributed by atoms with van der Waals surface area (Å²) in [5.41, 5.74) is 4.26. The summed E-state index contributed by atoms with van der Waals surface area (Å²) in [5, 5.41) is 17.7. The zero-order valence-corrected chi connectivity index (χ0v) is 18.7. The van der Waals surface area contributed by atoms with Crippen LogP contribution in [-0.4, -0.2) is 53.8 Å². The standard InChI is InChI=1S/C24H21ClFN5O2/c1-32-24-5-2-16(28-30-24)10-15-11-19(22(26)13-21(15)25)20-14-27-29-23-12-17(3-4-18(20)23)31-6-8-33-9-7-31/h2-5,11-14H,6-10H2,1H3. The molecule has 9 heteroatoms. The minimum absolute atomic E-state index is 0.329. The van der Waals surface area contributed by atoms with E-state index < -0.39 is 5.82 Å². The number of nitrogens with zero attached hydrogens (tertiary/aromatic N) is 5. The lowest BCUT2D eigenvalue weighted by Crippen LogP contribution is -2.36. The van der Waals surface area contributed by atoms with Gasteiger partial charge in [0.05, 0.1) is 37.7 Å². The van der Waals surface area contributed by atoms with Gasteiger partial charge in [0.15, 0.2) is 0 Å². The van der Waals surface area contributed by atoms with Crippen LogP contribution in [0.4, 0.5) is 10.1 Å². The van der Waals surface area contributed by atoms with Gasteiger partial charge in [-0.25, -0.2) is 4.39 Å². The fourth-order valence-electron chi connectivity index (χ4n) is 3.96. The van der Waals surface area contributed by atoms with Crippen LogP contribution in [0.15, 0.2) is 48.7 Å². The average Bonchev–Trinajstić information content (AvgIpc) is 2.86. The molecule has 1 fully saturated rings. The lowest BCUT2D eigenvalue weighted by atomic mass is 9.98. The summed E-state index contributed by atoms with van der Waals surface area (Å²) in [7, 11) is 1.53. The highest BCUT2D eigenvalue weighted by atomic mass is 35.5. The zero-order valence-electron chi connectivity index (χ0n) is 18.0. The van der Waals surface area contributed by atoms with E-state index in [1.807, 2.05) is 24.3 Å². The lowest BCUT2D eigenvalue weighted by molar-refractivity contribution is 0.122. The first-order valence-electron chi connectivity index (χ1n) is 10.6. The summed E-state index contributed by atoms with van der Waals surface area (Å²) in [6, 6.07) is 12.6. The van der Waals surface area contributed by atoms with Crippen molar-refractivity contribution in [1.29, 1.82) is 0 Å². The molecule has 168 valence electrons. The van der Waals surface area contributed by atoms with E-state index in [9.17, 15) is 0 Å². The Morgan fingerprint density at radius 2 is 1.88 bits per heavy atom. The van der Waals surface area contributed by atoms with Crippen molar-refractivity contribution in [3.05, 3.63) is 70.8 Å². The molecule has 0 N–H and O–H groups in total. The largest absolute Gasteiger partial charge is 0.480 e. The highest BCUT2D eigenvalue weighted by Crippen LogP contribution is 2.34. The second kappa shape index (κ2) is 9.25. The molecule has 0 unspecified atom stereocenters. The van der Waals surface area contributed by atoms with Crippen molar-refractivity contribution in [2.75, 3.05) is 38.3 Å². The summed E-state index contributed by atoms with van der Waals surface area (Å²) in [6.45, 7) is 3.03. The molecular weight excluding hydrogens is 445 g/mol. The van der Waals surface area contributed by atoms with E-state index in [-0.39, 0.29) is 0 Å². The monoisotopic (exact) mass is 465 g/mol. The third kappa shape index (κ3) is 4.44. The van der Waals surface area contributed by atoms with Crippen molar-refractivity contribution in [2.45, 2.75) is 6.42 Å². The van der Waals surface area contributed by atoms with E-state index in [2.05, 4.69) is 25.3 Å². The van der Waals surface area contributed by atoms with E-state index >= 15 is 4.39 Å². The topological polar surface area (TPSA) is 73.3 Å². The number of hydrogen-bond donors (Lipinski definition) is 0. The molecule has 7 nitrogen and oxygen atoms in total. The number of ether oxygens (including phenoxy) is 2. The van der Waals surface area contributed by atoms with Crippen LogP contribution in [0.1, 0.15) is 11.3 Å². The van der Waals surface area contributed by atoms with Crippen molar-refractivity contribution < 1.29 is 13.9 Å². The van der Waals surface area contributed by atoms with Crippen LogP contribution in [0.3, 0.4) is 0 Å². The number of hydrogen-bond acceptors (Lipinski definition) is 7. The highest BCUT2D eigenvalue weighted by molar-refractivity contribution is 6.31. The molecule has 33 heavy (non-hydrogen) atoms. The molecule has 0 amide bonds. The van der Waals surface area contributed by atoms with Crippen LogP contribution in [0.2, 0.25) is 5.02 Å². The Hall–Kier alpha value is -3.36. The molecule has 2 aromatic heterocycles. The van der Waals surface area contributed by atoms with E-state index in [0.29, 0.717) is 52.9 Å². The van der Waals surface area contributed by atoms with Crippen LogP contribution in [0.5, 0.6) is 5.88 Å². The molecule has 0 aliphatic carbocycles. The number of morpholine rings is 1. The molecule has 0 spiro atoms. The van der Waals surface area contributed by atoms with Gasteiger partial charge in [-0.3, -0.25) is 0 Å². The fraction of sp³-hybridized carbons (Fsp3) is 0.250. The predicted molar refractivity (Wildman–Crippen MR) is 124 cm³/mol. The van der Waals surface area contributed by atoms with Crippen molar-refractivity contribution in [1.82, 2.24) is 20.4 Å². The summed E-state index contributed by atoms with van der Waals surface area (Å²) in [6.07, 6.45) is 1.99. The highest BCUT2D eigenvalue weighted by Gasteiger charge is 2.17. The number of benzene rings is 2. The first kappa shape index (κ1) is 21.5. The molecule has 0 bridgehead atoms. The van der Waals surface area contributed by atoms with Gasteiger partial charge in [0.1, 0.15) is 5.82 Å². The number of aromatic nitrogens is 4. The second-order valence-corrected chi connectivity index (χ2v) is 8.13. The molecule has 1 aliphatic rings. The Morgan fingerprint density at radius 1 is 1.03 bits per heavy atom. The van der Waals surface area contributed by atoms with Gasteiger partial charge < -0.3 is 14.4 Å². The second-order valence-electron chi connectivity index (χ2n) is 7.73. The number of halogens is 2. The molecule has 4 aromatic rings. The van der Waals surface area contributed by atoms with E-state index in [0.717, 1.165) is 29.7 Å². The van der Waals surface area contributed by atoms with Crippen LogP contribution in [0.25, 0.3) is 22.0 Å². The van der Waals surface area contributed by atoms with E-state index in [4.69, 9.17) is 21.1 Å². The van der Waals surface area contributed by atoms with Gasteiger partial charge in [-0.1, -0.05) is 11.6 Å². The number of fused-ring (bicyclic) bond motifs is 1. The molecular formula is C24H21ClFN5O2. The summed E-state index contributed by atoms with van der Waals surface area (Å²) < 4.78 is 25.5. The average molecular weight is 466 g/mol. The van der Waals surface area contributed by atoms with Gasteiger partial charge in [-0.05, 0) is 42.0 Å². The predicted octanol–water partition coefficient (Wildman–Crippen LogP) is 4.32. The van der Waals surface area contributed by atoms with Gasteiger partial charge in [0.25, 0.3) is 0 Å². The van der Waals surface area contributed by atoms with Crippen molar-refractivity contribution >= 4 is 28.2 Å². The maximum Gasteiger partial charge on any atom is 0.233 e. The molecule has 5 rings (SSSR count). The number of methoxy groups -OCH3 is 1. The van der Waals surface area contributed by atoms with Gasteiger partial charge in [0, 0.05) is 52.8 Å². The van der Waals surface area contributed by atoms with Crippen LogP contribution < -0.4 is 9.64 Å². The Morgan fingerprint density at radius 3 is 2.64 bits per heavy atom. The quantitative estimate of drug-likeness (QED) is 0.434. The van der Waals surface area contributed by atoms with Crippen LogP contribution >= 0.6 is 11.6 Å². The molecule has 0 atom stereocenters. The third-order valence-corrected chi connectivity index (χ3v) is 6.05. The first-order chi connectivity index (χ1) is 16.1. The third-order valence-electron chi connectivity index (χ3n) is 5.70. The minimum Gasteiger partial charge on any atom is -0.480 e. The smallest absolute Gasteiger partial charge is 0.233 e. The molecule has 1 aliphatic heterocycles. The van der Waals surface area contributed by atoms with Crippen LogP contribution in [0, 0.1) is 5.82 Å². The Bertz CT molecular complexity index is 1300. The SMILES string of the molecule is COc1ccc(Cc2cc(-c3cnnc4cc(N5CCOCC5)ccc34)c(F)cc2Cl)nn1. The van der Waals surface area contributed by atoms with Crippen molar-refractivity contribution in [3.8, 4) is 17.0 Å². The maximum atomic E-state index is 15.1. The molecule has 1 saturated heterocycles. The van der Waals surface area contributed by atoms with Crippen molar-refractivity contribution in [3.63, 3.8) is 0 Å². The Balaban J connectivity index is 1.52. The molecule has 0 saturated carbocycles. The molecule has 2 aromatic carbocycles. The van der Waals surface area contributed by atoms with Crippen molar-refractivity contribution in [2.24, 2.45) is 0 Å². The normalized spacial score (nSPS) is 14.0. The molecule has 3 heterocycles. The Kier molecular flexibility index (Phi) is 6.02. The zero-order chi connectivity index (χ0) is 22.8. The van der Waals surface area contributed by atoms with Gasteiger partial charge in [0.2, 0.25) is 5.88 Å². The van der Waals surface area contributed by atoms with Crippen LogP contribution in [-0.2, 0) is 11.2 Å². The number of rotatable bonds is 5. The summed E-state index contributed by atoms with van der Waals surface area (Å²) in [4.78, 5) is 2.24. The summed E-state index contributed by atoms with van der Waals surface area (Å²) >= 11 is 6.37. The number of anilines is 1. The fourth-order valence-corrected chi connectivity index (χ4v) is 4.18. The lowest BCUT2D eigenvalue weighted by Gasteiger charge is -2.29. The van der Waals surface area contributed by atoms with Gasteiger partial charge >= 0.3 is 0 Å². The van der Waals surface area contributed by atoms with Gasteiger partial charge in [-0.15, -0.1) is 5.10 Å². The Labute approximate surface area is 195 Å². The van der Waals surface area contributed by atoms with E-state index in [1.54, 1.807) is 18.3 Å². The summed E-state index contributed by atoms with van der Waals surface area (Å²) in [5.74, 6) is 0.00606. The minimum atomic E-state index is -0.420. The van der Waals surface area contributed by atoms with Gasteiger partial charge in [-0.2, -0.15) is 15.3 Å². The first-order valence-corrected chi connectivity index (χ1v) is 10.9. The maximum absolute atomic E-state index is 15.1. The van der Waals surface area contributed by atoms with E-state index in [1.165, 1.54) is 13.2 Å².